The Bertz CT molecular complexity index is 372. The van der Waals surface area contributed by atoms with E-state index in [1.165, 1.54) is 16.7 Å². The lowest BCUT2D eigenvalue weighted by molar-refractivity contribution is 0.508. The summed E-state index contributed by atoms with van der Waals surface area (Å²) in [5, 5.41) is 0. The maximum atomic E-state index is 6.26. The summed E-state index contributed by atoms with van der Waals surface area (Å²) < 4.78 is 0. The summed E-state index contributed by atoms with van der Waals surface area (Å²) >= 11 is 0. The van der Waals surface area contributed by atoms with Crippen molar-refractivity contribution in [2.45, 2.75) is 59.4 Å². The van der Waals surface area contributed by atoms with E-state index in [-0.39, 0.29) is 11.5 Å². The quantitative estimate of drug-likeness (QED) is 0.825. The van der Waals surface area contributed by atoms with E-state index in [0.29, 0.717) is 5.92 Å². The van der Waals surface area contributed by atoms with Gasteiger partial charge in [-0.25, -0.2) is 0 Å². The van der Waals surface area contributed by atoms with Gasteiger partial charge in [-0.05, 0) is 41.4 Å². The van der Waals surface area contributed by atoms with E-state index in [1.54, 1.807) is 0 Å². The topological polar surface area (TPSA) is 26.0 Å². The molecule has 0 fully saturated rings. The monoisotopic (exact) mass is 233 g/mol. The minimum atomic E-state index is 0.170. The van der Waals surface area contributed by atoms with Gasteiger partial charge in [-0.2, -0.15) is 0 Å². The summed E-state index contributed by atoms with van der Waals surface area (Å²) in [6.45, 7) is 13.3. The number of aryl methyl sites for hydroxylation is 1. The molecule has 0 aliphatic carbocycles. The molecule has 1 heteroatoms. The first-order valence-electron chi connectivity index (χ1n) is 6.58. The zero-order valence-electron chi connectivity index (χ0n) is 12.2. The number of hydrogen-bond donors (Lipinski definition) is 1. The van der Waals surface area contributed by atoms with Gasteiger partial charge in [0, 0.05) is 6.04 Å². The Morgan fingerprint density at radius 3 is 2.18 bits per heavy atom. The molecule has 1 aromatic rings. The van der Waals surface area contributed by atoms with E-state index in [4.69, 9.17) is 5.73 Å². The van der Waals surface area contributed by atoms with Crippen LogP contribution >= 0.6 is 0 Å². The average molecular weight is 233 g/mol. The predicted octanol–water partition coefficient (Wildman–Crippen LogP) is 4.34. The highest BCUT2D eigenvalue weighted by molar-refractivity contribution is 5.36. The van der Waals surface area contributed by atoms with Crippen LogP contribution in [0.2, 0.25) is 0 Å². The van der Waals surface area contributed by atoms with E-state index >= 15 is 0 Å². The first kappa shape index (κ1) is 14.2. The van der Waals surface area contributed by atoms with Gasteiger partial charge in [0.25, 0.3) is 0 Å². The van der Waals surface area contributed by atoms with Crippen molar-refractivity contribution in [3.63, 3.8) is 0 Å². The molecule has 0 saturated carbocycles. The average Bonchev–Trinajstić information content (AvgIpc) is 2.14. The van der Waals surface area contributed by atoms with Gasteiger partial charge in [-0.15, -0.1) is 0 Å². The molecule has 17 heavy (non-hydrogen) atoms. The normalized spacial score (nSPS) is 14.1. The van der Waals surface area contributed by atoms with Crippen molar-refractivity contribution in [3.05, 3.63) is 34.9 Å². The van der Waals surface area contributed by atoms with Gasteiger partial charge in [-0.1, -0.05) is 52.8 Å². The molecule has 1 aromatic carbocycles. The Hall–Kier alpha value is -0.820. The maximum Gasteiger partial charge on any atom is 0.0299 e. The fourth-order valence-electron chi connectivity index (χ4n) is 2.19. The molecule has 0 aromatic heterocycles. The highest BCUT2D eigenvalue weighted by Crippen LogP contribution is 2.28. The first-order chi connectivity index (χ1) is 7.71. The highest BCUT2D eigenvalue weighted by atomic mass is 14.6. The minimum Gasteiger partial charge on any atom is -0.324 e. The lowest BCUT2D eigenvalue weighted by Gasteiger charge is -2.23. The lowest BCUT2D eigenvalue weighted by Crippen LogP contribution is -2.16. The van der Waals surface area contributed by atoms with Gasteiger partial charge in [0.15, 0.2) is 0 Å². The summed E-state index contributed by atoms with van der Waals surface area (Å²) in [6.07, 6.45) is 1.05. The van der Waals surface area contributed by atoms with Crippen LogP contribution in [0.15, 0.2) is 18.2 Å². The van der Waals surface area contributed by atoms with Crippen molar-refractivity contribution < 1.29 is 0 Å². The van der Waals surface area contributed by atoms with E-state index in [1.807, 2.05) is 0 Å². The maximum absolute atomic E-state index is 6.26. The van der Waals surface area contributed by atoms with Gasteiger partial charge in [0.05, 0.1) is 0 Å². The van der Waals surface area contributed by atoms with Crippen LogP contribution in [-0.2, 0) is 5.41 Å². The van der Waals surface area contributed by atoms with Gasteiger partial charge in [0.1, 0.15) is 0 Å². The van der Waals surface area contributed by atoms with Crippen molar-refractivity contribution in [1.29, 1.82) is 0 Å². The van der Waals surface area contributed by atoms with Crippen LogP contribution in [-0.4, -0.2) is 0 Å². The summed E-state index contributed by atoms with van der Waals surface area (Å²) in [6, 6.07) is 6.89. The SMILES string of the molecule is Cc1cc(C(C)(C)C)ccc1C(N)CC(C)C. The van der Waals surface area contributed by atoms with E-state index < -0.39 is 0 Å². The molecule has 0 radical (unpaired) electrons. The van der Waals surface area contributed by atoms with Crippen molar-refractivity contribution in [1.82, 2.24) is 0 Å². The second-order valence-corrected chi connectivity index (χ2v) is 6.56. The molecule has 0 aliphatic heterocycles. The fraction of sp³-hybridized carbons (Fsp3) is 0.625. The zero-order chi connectivity index (χ0) is 13.2. The fourth-order valence-corrected chi connectivity index (χ4v) is 2.19. The third-order valence-corrected chi connectivity index (χ3v) is 3.26. The van der Waals surface area contributed by atoms with Gasteiger partial charge < -0.3 is 5.73 Å². The molecule has 1 rings (SSSR count). The third kappa shape index (κ3) is 3.85. The summed E-state index contributed by atoms with van der Waals surface area (Å²) in [5.74, 6) is 0.645. The van der Waals surface area contributed by atoms with Crippen LogP contribution in [0.5, 0.6) is 0 Å². The van der Waals surface area contributed by atoms with Crippen LogP contribution in [0.4, 0.5) is 0 Å². The van der Waals surface area contributed by atoms with Crippen molar-refractivity contribution >= 4 is 0 Å². The second kappa shape index (κ2) is 5.22. The Kier molecular flexibility index (Phi) is 4.37. The standard InChI is InChI=1S/C16H27N/c1-11(2)9-15(17)14-8-7-13(10-12(14)3)16(4,5)6/h7-8,10-11,15H,9,17H2,1-6H3. The molecule has 1 nitrogen and oxygen atoms in total. The Morgan fingerprint density at radius 1 is 1.18 bits per heavy atom. The Labute approximate surface area is 106 Å². The molecule has 2 N–H and O–H groups in total. The Balaban J connectivity index is 2.98. The van der Waals surface area contributed by atoms with Crippen LogP contribution in [0, 0.1) is 12.8 Å². The predicted molar refractivity (Wildman–Crippen MR) is 76.3 cm³/mol. The van der Waals surface area contributed by atoms with Crippen molar-refractivity contribution in [2.24, 2.45) is 11.7 Å². The lowest BCUT2D eigenvalue weighted by atomic mass is 9.84. The number of benzene rings is 1. The van der Waals surface area contributed by atoms with Crippen molar-refractivity contribution in [2.75, 3.05) is 0 Å². The van der Waals surface area contributed by atoms with Gasteiger partial charge in [-0.3, -0.25) is 0 Å². The molecule has 0 amide bonds. The number of hydrogen-bond acceptors (Lipinski definition) is 1. The van der Waals surface area contributed by atoms with E-state index in [9.17, 15) is 0 Å². The molecular formula is C16H27N. The molecule has 0 bridgehead atoms. The summed E-state index contributed by atoms with van der Waals surface area (Å²) in [4.78, 5) is 0. The molecule has 0 heterocycles. The van der Waals surface area contributed by atoms with Crippen LogP contribution in [0.25, 0.3) is 0 Å². The Morgan fingerprint density at radius 2 is 1.76 bits per heavy atom. The second-order valence-electron chi connectivity index (χ2n) is 6.56. The molecular weight excluding hydrogens is 206 g/mol. The molecule has 0 saturated heterocycles. The molecule has 96 valence electrons. The summed E-state index contributed by atoms with van der Waals surface area (Å²) in [7, 11) is 0. The van der Waals surface area contributed by atoms with Crippen molar-refractivity contribution in [3.8, 4) is 0 Å². The van der Waals surface area contributed by atoms with Crippen LogP contribution in [0.1, 0.15) is 63.8 Å². The zero-order valence-corrected chi connectivity index (χ0v) is 12.2. The molecule has 1 unspecified atom stereocenters. The largest absolute Gasteiger partial charge is 0.324 e. The van der Waals surface area contributed by atoms with Gasteiger partial charge in [0.2, 0.25) is 0 Å². The van der Waals surface area contributed by atoms with E-state index in [2.05, 4.69) is 59.7 Å². The number of rotatable bonds is 3. The summed E-state index contributed by atoms with van der Waals surface area (Å²) in [5.41, 5.74) is 10.5. The van der Waals surface area contributed by atoms with Crippen LogP contribution in [0.3, 0.4) is 0 Å². The third-order valence-electron chi connectivity index (χ3n) is 3.26. The molecule has 0 spiro atoms. The first-order valence-corrected chi connectivity index (χ1v) is 6.58. The molecule has 1 atom stereocenters. The van der Waals surface area contributed by atoms with Gasteiger partial charge >= 0.3 is 0 Å². The van der Waals surface area contributed by atoms with Crippen LogP contribution < -0.4 is 5.73 Å². The smallest absolute Gasteiger partial charge is 0.0299 e. The van der Waals surface area contributed by atoms with E-state index in [0.717, 1.165) is 6.42 Å². The minimum absolute atomic E-state index is 0.170. The number of nitrogens with two attached hydrogens (primary N) is 1. The highest BCUT2D eigenvalue weighted by Gasteiger charge is 2.16. The molecule has 0 aliphatic rings.